The van der Waals surface area contributed by atoms with Gasteiger partial charge in [-0.1, -0.05) is 0 Å². The van der Waals surface area contributed by atoms with E-state index in [1.54, 1.807) is 26.0 Å². The van der Waals surface area contributed by atoms with Crippen LogP contribution < -0.4 is 0 Å². The molecule has 2 heterocycles. The van der Waals surface area contributed by atoms with E-state index in [1.165, 1.54) is 0 Å². The van der Waals surface area contributed by atoms with Gasteiger partial charge in [0.2, 0.25) is 0 Å². The van der Waals surface area contributed by atoms with Gasteiger partial charge < -0.3 is 13.9 Å². The van der Waals surface area contributed by atoms with E-state index in [4.69, 9.17) is 9.47 Å². The maximum Gasteiger partial charge on any atom is 0.340 e. The maximum absolute atomic E-state index is 12.4. The molecule has 23 heavy (non-hydrogen) atoms. The summed E-state index contributed by atoms with van der Waals surface area (Å²) < 4.78 is 12.3. The van der Waals surface area contributed by atoms with Crippen molar-refractivity contribution in [1.29, 1.82) is 0 Å². The summed E-state index contributed by atoms with van der Waals surface area (Å²) in [7, 11) is 0. The molecule has 0 spiro atoms. The van der Waals surface area contributed by atoms with Crippen molar-refractivity contribution in [2.45, 2.75) is 39.5 Å². The summed E-state index contributed by atoms with van der Waals surface area (Å²) in [6.45, 7) is 4.23. The van der Waals surface area contributed by atoms with E-state index in [1.807, 2.05) is 10.6 Å². The summed E-state index contributed by atoms with van der Waals surface area (Å²) in [5.41, 5.74) is 4.02. The molecule has 0 atom stereocenters. The second-order valence-electron chi connectivity index (χ2n) is 5.62. The number of carbonyl (C=O) groups excluding carboxylic acids is 2. The molecule has 5 heteroatoms. The number of esters is 2. The van der Waals surface area contributed by atoms with Crippen molar-refractivity contribution >= 4 is 17.5 Å². The molecule has 5 nitrogen and oxygen atoms in total. The molecular weight excluding hydrogens is 294 g/mol. The molecule has 1 aliphatic carbocycles. The van der Waals surface area contributed by atoms with Gasteiger partial charge in [0.15, 0.2) is 0 Å². The number of aromatic nitrogens is 1. The van der Waals surface area contributed by atoms with Crippen LogP contribution in [0.3, 0.4) is 0 Å². The molecule has 0 aromatic carbocycles. The van der Waals surface area contributed by atoms with Crippen LogP contribution in [0, 0.1) is 0 Å². The third-order valence-electron chi connectivity index (χ3n) is 4.23. The van der Waals surface area contributed by atoms with Crippen LogP contribution in [-0.4, -0.2) is 29.6 Å². The van der Waals surface area contributed by atoms with Gasteiger partial charge in [-0.3, -0.25) is 0 Å². The van der Waals surface area contributed by atoms with E-state index in [2.05, 4.69) is 0 Å². The van der Waals surface area contributed by atoms with E-state index in [-0.39, 0.29) is 11.9 Å². The zero-order chi connectivity index (χ0) is 16.4. The molecule has 3 rings (SSSR count). The van der Waals surface area contributed by atoms with E-state index in [9.17, 15) is 9.59 Å². The zero-order valence-electron chi connectivity index (χ0n) is 13.6. The molecular formula is C18H21NO4. The van der Waals surface area contributed by atoms with Gasteiger partial charge in [-0.15, -0.1) is 0 Å². The first-order valence-corrected chi connectivity index (χ1v) is 8.17. The minimum Gasteiger partial charge on any atom is -0.462 e. The van der Waals surface area contributed by atoms with Crippen LogP contribution in [0.4, 0.5) is 0 Å². The van der Waals surface area contributed by atoms with Crippen LogP contribution in [0.1, 0.15) is 58.7 Å². The molecule has 122 valence electrons. The Morgan fingerprint density at radius 2 is 1.78 bits per heavy atom. The highest BCUT2D eigenvalue weighted by atomic mass is 16.5. The zero-order valence-corrected chi connectivity index (χ0v) is 13.6. The summed E-state index contributed by atoms with van der Waals surface area (Å²) in [6, 6.07) is 3.48. The lowest BCUT2D eigenvalue weighted by Crippen LogP contribution is -2.09. The summed E-state index contributed by atoms with van der Waals surface area (Å²) in [6.07, 6.45) is 5.85. The van der Waals surface area contributed by atoms with Gasteiger partial charge in [0.05, 0.1) is 29.9 Å². The molecule has 0 unspecified atom stereocenters. The lowest BCUT2D eigenvalue weighted by Gasteiger charge is -2.12. The average molecular weight is 315 g/mol. The molecule has 0 saturated carbocycles. The number of nitrogens with zero attached hydrogens (tertiary/aromatic N) is 1. The summed E-state index contributed by atoms with van der Waals surface area (Å²) in [4.78, 5) is 24.4. The number of rotatable bonds is 4. The molecule has 0 saturated heterocycles. The molecule has 0 bridgehead atoms. The molecule has 1 aliphatic rings. The highest BCUT2D eigenvalue weighted by molar-refractivity contribution is 6.01. The molecule has 2 aromatic heterocycles. The van der Waals surface area contributed by atoms with E-state index >= 15 is 0 Å². The maximum atomic E-state index is 12.4. The minimum absolute atomic E-state index is 0.311. The quantitative estimate of drug-likeness (QED) is 0.813. The predicted molar refractivity (Wildman–Crippen MR) is 86.0 cm³/mol. The van der Waals surface area contributed by atoms with E-state index in [0.29, 0.717) is 24.3 Å². The first kappa shape index (κ1) is 15.6. The van der Waals surface area contributed by atoms with Crippen molar-refractivity contribution in [3.63, 3.8) is 0 Å². The standard InChI is InChI=1S/C18H21NO4/c1-3-22-17(20)12-9-10-19-14-8-6-5-7-13(14)16(15(19)11-12)18(21)23-4-2/h9-11H,3-8H2,1-2H3. The van der Waals surface area contributed by atoms with Crippen molar-refractivity contribution in [2.75, 3.05) is 13.2 Å². The average Bonchev–Trinajstić information content (AvgIpc) is 2.89. The number of aryl methyl sites for hydroxylation is 1. The fraction of sp³-hybridized carbons (Fsp3) is 0.444. The van der Waals surface area contributed by atoms with Gasteiger partial charge in [0.25, 0.3) is 0 Å². The van der Waals surface area contributed by atoms with Crippen LogP contribution in [0.25, 0.3) is 5.52 Å². The lowest BCUT2D eigenvalue weighted by molar-refractivity contribution is 0.0515. The third kappa shape index (κ3) is 2.71. The third-order valence-corrected chi connectivity index (χ3v) is 4.23. The first-order valence-electron chi connectivity index (χ1n) is 8.17. The predicted octanol–water partition coefficient (Wildman–Crippen LogP) is 3.17. The normalized spacial score (nSPS) is 13.7. The summed E-state index contributed by atoms with van der Waals surface area (Å²) >= 11 is 0. The van der Waals surface area contributed by atoms with Crippen LogP contribution in [0.15, 0.2) is 18.3 Å². The smallest absolute Gasteiger partial charge is 0.340 e. The number of fused-ring (bicyclic) bond motifs is 3. The topological polar surface area (TPSA) is 57.0 Å². The van der Waals surface area contributed by atoms with Crippen LogP contribution in [0.2, 0.25) is 0 Å². The molecule has 2 aromatic rings. The van der Waals surface area contributed by atoms with Gasteiger partial charge in [-0.05, 0) is 57.2 Å². The Labute approximate surface area is 135 Å². The van der Waals surface area contributed by atoms with Gasteiger partial charge in [0, 0.05) is 11.9 Å². The Kier molecular flexibility index (Phi) is 4.37. The highest BCUT2D eigenvalue weighted by Crippen LogP contribution is 2.31. The monoisotopic (exact) mass is 315 g/mol. The number of carbonyl (C=O) groups is 2. The van der Waals surface area contributed by atoms with Crippen molar-refractivity contribution in [1.82, 2.24) is 4.40 Å². The second kappa shape index (κ2) is 6.44. The van der Waals surface area contributed by atoms with Crippen LogP contribution >= 0.6 is 0 Å². The molecule has 0 fully saturated rings. The van der Waals surface area contributed by atoms with Crippen molar-refractivity contribution in [3.05, 3.63) is 40.7 Å². The van der Waals surface area contributed by atoms with Gasteiger partial charge in [-0.2, -0.15) is 0 Å². The molecule has 0 amide bonds. The fourth-order valence-corrected chi connectivity index (χ4v) is 3.28. The van der Waals surface area contributed by atoms with E-state index in [0.717, 1.165) is 42.5 Å². The van der Waals surface area contributed by atoms with Crippen LogP contribution in [0.5, 0.6) is 0 Å². The molecule has 0 N–H and O–H groups in total. The first-order chi connectivity index (χ1) is 11.2. The second-order valence-corrected chi connectivity index (χ2v) is 5.62. The van der Waals surface area contributed by atoms with Gasteiger partial charge in [-0.25, -0.2) is 9.59 Å². The Bertz CT molecular complexity index is 760. The number of ether oxygens (including phenoxy) is 2. The van der Waals surface area contributed by atoms with Crippen molar-refractivity contribution < 1.29 is 19.1 Å². The summed E-state index contributed by atoms with van der Waals surface area (Å²) in [5, 5.41) is 0. The lowest BCUT2D eigenvalue weighted by atomic mass is 9.94. The Morgan fingerprint density at radius 3 is 2.52 bits per heavy atom. The number of hydrogen-bond acceptors (Lipinski definition) is 4. The van der Waals surface area contributed by atoms with Crippen molar-refractivity contribution in [2.24, 2.45) is 0 Å². The Morgan fingerprint density at radius 1 is 1.09 bits per heavy atom. The minimum atomic E-state index is -0.371. The highest BCUT2D eigenvalue weighted by Gasteiger charge is 2.26. The number of hydrogen-bond donors (Lipinski definition) is 0. The Balaban J connectivity index is 2.18. The van der Waals surface area contributed by atoms with Crippen molar-refractivity contribution in [3.8, 4) is 0 Å². The van der Waals surface area contributed by atoms with Crippen LogP contribution in [-0.2, 0) is 22.3 Å². The van der Waals surface area contributed by atoms with Gasteiger partial charge in [0.1, 0.15) is 0 Å². The molecule has 0 radical (unpaired) electrons. The largest absolute Gasteiger partial charge is 0.462 e. The SMILES string of the molecule is CCOC(=O)c1ccn2c3c(c(C(=O)OCC)c2c1)CCCC3. The summed E-state index contributed by atoms with van der Waals surface area (Å²) in [5.74, 6) is -0.682. The van der Waals surface area contributed by atoms with E-state index < -0.39 is 0 Å². The number of pyridine rings is 1. The fourth-order valence-electron chi connectivity index (χ4n) is 3.28. The Hall–Kier alpha value is -2.30. The van der Waals surface area contributed by atoms with Gasteiger partial charge >= 0.3 is 11.9 Å². The molecule has 0 aliphatic heterocycles.